The molecule has 0 spiro atoms. The third kappa shape index (κ3) is 3.38. The SMILES string of the molecule is CCCC(CC(=O)O)n1nnnc1-c1csc(Br)c1. The summed E-state index contributed by atoms with van der Waals surface area (Å²) in [5.74, 6) is -0.229. The Labute approximate surface area is 122 Å². The van der Waals surface area contributed by atoms with Crippen LogP contribution in [-0.2, 0) is 4.79 Å². The lowest BCUT2D eigenvalue weighted by molar-refractivity contribution is -0.138. The Morgan fingerprint density at radius 3 is 3.00 bits per heavy atom. The van der Waals surface area contributed by atoms with Crippen molar-refractivity contribution in [2.75, 3.05) is 0 Å². The van der Waals surface area contributed by atoms with E-state index in [4.69, 9.17) is 5.11 Å². The predicted octanol–water partition coefficient (Wildman–Crippen LogP) is 2.98. The van der Waals surface area contributed by atoms with Gasteiger partial charge in [0.05, 0.1) is 16.2 Å². The molecule has 19 heavy (non-hydrogen) atoms. The average Bonchev–Trinajstić information content (AvgIpc) is 2.95. The van der Waals surface area contributed by atoms with Gasteiger partial charge in [0.2, 0.25) is 0 Å². The summed E-state index contributed by atoms with van der Waals surface area (Å²) < 4.78 is 2.61. The van der Waals surface area contributed by atoms with E-state index in [1.165, 1.54) is 0 Å². The maximum atomic E-state index is 10.9. The topological polar surface area (TPSA) is 80.9 Å². The molecule has 0 aliphatic rings. The molecule has 0 radical (unpaired) electrons. The molecule has 2 heterocycles. The minimum absolute atomic E-state index is 0.0250. The fourth-order valence-electron chi connectivity index (χ4n) is 1.90. The molecule has 0 aliphatic heterocycles. The van der Waals surface area contributed by atoms with Gasteiger partial charge in [0, 0.05) is 10.9 Å². The van der Waals surface area contributed by atoms with Gasteiger partial charge in [-0.25, -0.2) is 4.68 Å². The van der Waals surface area contributed by atoms with Crippen LogP contribution in [0.2, 0.25) is 0 Å². The summed E-state index contributed by atoms with van der Waals surface area (Å²) in [5, 5.41) is 22.6. The number of thiophene rings is 1. The van der Waals surface area contributed by atoms with E-state index in [0.717, 1.165) is 22.2 Å². The van der Waals surface area contributed by atoms with Crippen molar-refractivity contribution >= 4 is 33.2 Å². The van der Waals surface area contributed by atoms with Crippen molar-refractivity contribution in [3.05, 3.63) is 15.2 Å². The molecule has 0 amide bonds. The molecular weight excluding hydrogens is 332 g/mol. The van der Waals surface area contributed by atoms with E-state index in [1.807, 2.05) is 18.4 Å². The van der Waals surface area contributed by atoms with Gasteiger partial charge in [-0.1, -0.05) is 13.3 Å². The summed E-state index contributed by atoms with van der Waals surface area (Å²) >= 11 is 4.94. The number of rotatable bonds is 6. The summed E-state index contributed by atoms with van der Waals surface area (Å²) in [6.45, 7) is 2.01. The van der Waals surface area contributed by atoms with Crippen molar-refractivity contribution in [3.63, 3.8) is 0 Å². The third-order valence-electron chi connectivity index (χ3n) is 2.70. The first kappa shape index (κ1) is 14.1. The Balaban J connectivity index is 2.33. The molecule has 0 fully saturated rings. The molecule has 8 heteroatoms. The van der Waals surface area contributed by atoms with Crippen LogP contribution in [-0.4, -0.2) is 31.3 Å². The summed E-state index contributed by atoms with van der Waals surface area (Å²) in [4.78, 5) is 10.9. The molecule has 2 aromatic heterocycles. The van der Waals surface area contributed by atoms with Gasteiger partial charge >= 0.3 is 5.97 Å². The van der Waals surface area contributed by atoms with Crippen LogP contribution in [0, 0.1) is 0 Å². The van der Waals surface area contributed by atoms with Gasteiger partial charge in [-0.05, 0) is 38.8 Å². The summed E-state index contributed by atoms with van der Waals surface area (Å²) in [6, 6.07) is 1.71. The second kappa shape index (κ2) is 6.25. The Hall–Kier alpha value is -1.28. The first-order valence-corrected chi connectivity index (χ1v) is 7.53. The Bertz CT molecular complexity index is 569. The minimum Gasteiger partial charge on any atom is -0.481 e. The van der Waals surface area contributed by atoms with Gasteiger partial charge in [-0.3, -0.25) is 4.79 Å². The highest BCUT2D eigenvalue weighted by Gasteiger charge is 2.21. The van der Waals surface area contributed by atoms with Crippen LogP contribution in [0.3, 0.4) is 0 Å². The quantitative estimate of drug-likeness (QED) is 0.870. The number of carboxylic acid groups (broad SMARTS) is 1. The minimum atomic E-state index is -0.841. The van der Waals surface area contributed by atoms with E-state index in [9.17, 15) is 4.79 Å². The predicted molar refractivity (Wildman–Crippen MR) is 75.0 cm³/mol. The van der Waals surface area contributed by atoms with Gasteiger partial charge in [-0.2, -0.15) is 0 Å². The van der Waals surface area contributed by atoms with Crippen LogP contribution < -0.4 is 0 Å². The Morgan fingerprint density at radius 1 is 1.63 bits per heavy atom. The van der Waals surface area contributed by atoms with E-state index < -0.39 is 5.97 Å². The zero-order chi connectivity index (χ0) is 13.8. The molecule has 0 saturated carbocycles. The molecular formula is C11H13BrN4O2S. The fraction of sp³-hybridized carbons (Fsp3) is 0.455. The second-order valence-corrected chi connectivity index (χ2v) is 6.42. The highest BCUT2D eigenvalue weighted by molar-refractivity contribution is 9.11. The van der Waals surface area contributed by atoms with Gasteiger partial charge in [0.25, 0.3) is 0 Å². The first-order valence-electron chi connectivity index (χ1n) is 5.86. The molecule has 6 nitrogen and oxygen atoms in total. The van der Waals surface area contributed by atoms with Crippen molar-refractivity contribution < 1.29 is 9.90 Å². The van der Waals surface area contributed by atoms with E-state index in [0.29, 0.717) is 5.82 Å². The normalized spacial score (nSPS) is 12.5. The highest BCUT2D eigenvalue weighted by atomic mass is 79.9. The lowest BCUT2D eigenvalue weighted by Crippen LogP contribution is -2.16. The summed E-state index contributed by atoms with van der Waals surface area (Å²) in [6.07, 6.45) is 1.64. The van der Waals surface area contributed by atoms with Crippen molar-refractivity contribution in [1.29, 1.82) is 0 Å². The summed E-state index contributed by atoms with van der Waals surface area (Å²) in [5.41, 5.74) is 0.897. The summed E-state index contributed by atoms with van der Waals surface area (Å²) in [7, 11) is 0. The standard InChI is InChI=1S/C11H13BrN4O2S/c1-2-3-8(5-10(17)18)16-11(13-14-15-16)7-4-9(12)19-6-7/h4,6,8H,2-3,5H2,1H3,(H,17,18). The molecule has 0 aromatic carbocycles. The highest BCUT2D eigenvalue weighted by Crippen LogP contribution is 2.30. The number of nitrogens with zero attached hydrogens (tertiary/aromatic N) is 4. The van der Waals surface area contributed by atoms with E-state index in [2.05, 4.69) is 31.5 Å². The van der Waals surface area contributed by atoms with Gasteiger partial charge in [0.15, 0.2) is 5.82 Å². The number of carboxylic acids is 1. The van der Waals surface area contributed by atoms with Crippen LogP contribution in [0.4, 0.5) is 0 Å². The number of hydrogen-bond donors (Lipinski definition) is 1. The molecule has 0 bridgehead atoms. The van der Waals surface area contributed by atoms with Crippen molar-refractivity contribution in [1.82, 2.24) is 20.2 Å². The molecule has 1 N–H and O–H groups in total. The maximum Gasteiger partial charge on any atom is 0.305 e. The zero-order valence-electron chi connectivity index (χ0n) is 10.3. The van der Waals surface area contributed by atoms with Gasteiger partial charge in [0.1, 0.15) is 0 Å². The lowest BCUT2D eigenvalue weighted by Gasteiger charge is -2.15. The molecule has 1 unspecified atom stereocenters. The van der Waals surface area contributed by atoms with Crippen molar-refractivity contribution in [3.8, 4) is 11.4 Å². The zero-order valence-corrected chi connectivity index (χ0v) is 12.7. The van der Waals surface area contributed by atoms with E-state index >= 15 is 0 Å². The number of aliphatic carboxylic acids is 1. The van der Waals surface area contributed by atoms with E-state index in [-0.39, 0.29) is 12.5 Å². The molecule has 0 aliphatic carbocycles. The third-order valence-corrected chi connectivity index (χ3v) is 4.20. The number of tetrazole rings is 1. The van der Waals surface area contributed by atoms with Crippen molar-refractivity contribution in [2.45, 2.75) is 32.2 Å². The van der Waals surface area contributed by atoms with Crippen molar-refractivity contribution in [2.24, 2.45) is 0 Å². The molecule has 1 atom stereocenters. The van der Waals surface area contributed by atoms with Crippen LogP contribution in [0.15, 0.2) is 15.2 Å². The lowest BCUT2D eigenvalue weighted by atomic mass is 10.1. The van der Waals surface area contributed by atoms with Gasteiger partial charge < -0.3 is 5.11 Å². The average molecular weight is 345 g/mol. The number of carbonyl (C=O) groups is 1. The molecule has 0 saturated heterocycles. The van der Waals surface area contributed by atoms with Crippen LogP contribution in [0.5, 0.6) is 0 Å². The molecule has 2 rings (SSSR count). The fourth-order valence-corrected chi connectivity index (χ4v) is 3.04. The Morgan fingerprint density at radius 2 is 2.42 bits per heavy atom. The maximum absolute atomic E-state index is 10.9. The van der Waals surface area contributed by atoms with Gasteiger partial charge in [-0.15, -0.1) is 16.4 Å². The van der Waals surface area contributed by atoms with Crippen LogP contribution >= 0.6 is 27.3 Å². The first-order chi connectivity index (χ1) is 9.11. The molecule has 2 aromatic rings. The smallest absolute Gasteiger partial charge is 0.305 e. The Kier molecular flexibility index (Phi) is 4.65. The monoisotopic (exact) mass is 344 g/mol. The van der Waals surface area contributed by atoms with E-state index in [1.54, 1.807) is 16.0 Å². The number of hydrogen-bond acceptors (Lipinski definition) is 5. The number of halogens is 1. The second-order valence-electron chi connectivity index (χ2n) is 4.13. The largest absolute Gasteiger partial charge is 0.481 e. The molecule has 102 valence electrons. The number of aromatic nitrogens is 4. The van der Waals surface area contributed by atoms with Crippen LogP contribution in [0.25, 0.3) is 11.4 Å². The van der Waals surface area contributed by atoms with Crippen LogP contribution in [0.1, 0.15) is 32.2 Å².